The number of halogens is 1. The second-order valence-electron chi connectivity index (χ2n) is 6.69. The molecule has 1 aromatic carbocycles. The van der Waals surface area contributed by atoms with Crippen LogP contribution in [0.5, 0.6) is 0 Å². The first kappa shape index (κ1) is 19.3. The number of aromatic nitrogens is 2. The molecule has 1 aromatic heterocycles. The summed E-state index contributed by atoms with van der Waals surface area (Å²) in [6, 6.07) is 5.89. The largest absolute Gasteiger partial charge is 0.383 e. The summed E-state index contributed by atoms with van der Waals surface area (Å²) in [7, 11) is 1.70. The Labute approximate surface area is 158 Å². The molecule has 0 spiro atoms. The highest BCUT2D eigenvalue weighted by atomic mass is 19.1. The number of ether oxygens (including phenoxy) is 1. The summed E-state index contributed by atoms with van der Waals surface area (Å²) in [5.74, 6) is -0.283. The van der Waals surface area contributed by atoms with Crippen LogP contribution < -0.4 is 5.32 Å². The standard InChI is InChI=1S/C19H26FN5O2/c1-15(16-13-21-25(14-16)18-5-3-17(20)4-6-18)22-19(26)24-9-7-23(8-10-24)11-12-27-2/h3-6,13-15H,7-12H2,1-2H3,(H,22,26). The van der Waals surface area contributed by atoms with Crippen LogP contribution in [-0.4, -0.2) is 72.1 Å². The topological polar surface area (TPSA) is 62.6 Å². The Kier molecular flexibility index (Phi) is 6.41. The first-order valence-electron chi connectivity index (χ1n) is 9.14. The maximum absolute atomic E-state index is 13.1. The summed E-state index contributed by atoms with van der Waals surface area (Å²) in [6.45, 7) is 6.65. The Hall–Kier alpha value is -2.45. The average molecular weight is 375 g/mol. The van der Waals surface area contributed by atoms with Gasteiger partial charge in [-0.3, -0.25) is 4.90 Å². The average Bonchev–Trinajstić information content (AvgIpc) is 3.17. The molecule has 1 fully saturated rings. The number of benzene rings is 1. The highest BCUT2D eigenvalue weighted by Crippen LogP contribution is 2.15. The number of nitrogens with one attached hydrogen (secondary N) is 1. The van der Waals surface area contributed by atoms with E-state index in [1.54, 1.807) is 30.1 Å². The van der Waals surface area contributed by atoms with Crippen LogP contribution in [0.1, 0.15) is 18.5 Å². The number of carbonyl (C=O) groups excluding carboxylic acids is 1. The molecule has 2 heterocycles. The van der Waals surface area contributed by atoms with Crippen molar-refractivity contribution in [2.45, 2.75) is 13.0 Å². The molecular weight excluding hydrogens is 349 g/mol. The maximum atomic E-state index is 13.1. The fourth-order valence-electron chi connectivity index (χ4n) is 3.05. The van der Waals surface area contributed by atoms with Gasteiger partial charge in [0.15, 0.2) is 0 Å². The quantitative estimate of drug-likeness (QED) is 0.839. The third-order valence-corrected chi connectivity index (χ3v) is 4.80. The number of methoxy groups -OCH3 is 1. The van der Waals surface area contributed by atoms with E-state index >= 15 is 0 Å². The highest BCUT2D eigenvalue weighted by Gasteiger charge is 2.22. The van der Waals surface area contributed by atoms with Gasteiger partial charge in [-0.1, -0.05) is 0 Å². The van der Waals surface area contributed by atoms with Crippen molar-refractivity contribution in [1.82, 2.24) is 24.9 Å². The molecule has 1 atom stereocenters. The van der Waals surface area contributed by atoms with Crippen molar-refractivity contribution in [2.24, 2.45) is 0 Å². The lowest BCUT2D eigenvalue weighted by Crippen LogP contribution is -2.52. The van der Waals surface area contributed by atoms with Gasteiger partial charge in [-0.05, 0) is 31.2 Å². The van der Waals surface area contributed by atoms with Crippen molar-refractivity contribution in [3.8, 4) is 5.69 Å². The number of amides is 2. The predicted molar refractivity (Wildman–Crippen MR) is 100 cm³/mol. The van der Waals surface area contributed by atoms with Gasteiger partial charge in [0.1, 0.15) is 5.82 Å². The zero-order chi connectivity index (χ0) is 19.2. The molecule has 2 amide bonds. The third kappa shape index (κ3) is 5.05. The summed E-state index contributed by atoms with van der Waals surface area (Å²) in [5.41, 5.74) is 1.67. The molecule has 1 aliphatic rings. The van der Waals surface area contributed by atoms with Crippen molar-refractivity contribution in [3.05, 3.63) is 48.0 Å². The molecule has 0 aliphatic carbocycles. The number of hydrogen-bond donors (Lipinski definition) is 1. The number of piperazine rings is 1. The van der Waals surface area contributed by atoms with E-state index in [1.807, 2.05) is 18.0 Å². The molecule has 1 aliphatic heterocycles. The monoisotopic (exact) mass is 375 g/mol. The number of hydrogen-bond acceptors (Lipinski definition) is 4. The minimum absolute atomic E-state index is 0.0663. The van der Waals surface area contributed by atoms with Gasteiger partial charge < -0.3 is 15.0 Å². The normalized spacial score (nSPS) is 16.3. The summed E-state index contributed by atoms with van der Waals surface area (Å²) < 4.78 is 19.8. The number of nitrogens with zero attached hydrogens (tertiary/aromatic N) is 4. The fourth-order valence-corrected chi connectivity index (χ4v) is 3.05. The minimum Gasteiger partial charge on any atom is -0.383 e. The predicted octanol–water partition coefficient (Wildman–Crippen LogP) is 2.05. The van der Waals surface area contributed by atoms with E-state index in [0.717, 1.165) is 30.9 Å². The fraction of sp³-hybridized carbons (Fsp3) is 0.474. The van der Waals surface area contributed by atoms with Gasteiger partial charge in [0.25, 0.3) is 0 Å². The zero-order valence-electron chi connectivity index (χ0n) is 15.8. The van der Waals surface area contributed by atoms with Gasteiger partial charge in [0.2, 0.25) is 0 Å². The summed E-state index contributed by atoms with van der Waals surface area (Å²) >= 11 is 0. The van der Waals surface area contributed by atoms with Crippen LogP contribution >= 0.6 is 0 Å². The lowest BCUT2D eigenvalue weighted by Gasteiger charge is -2.35. The van der Waals surface area contributed by atoms with Crippen LogP contribution in [0.2, 0.25) is 0 Å². The molecule has 8 heteroatoms. The van der Waals surface area contributed by atoms with Crippen molar-refractivity contribution in [2.75, 3.05) is 46.4 Å². The molecule has 0 radical (unpaired) electrons. The van der Waals surface area contributed by atoms with Crippen molar-refractivity contribution in [1.29, 1.82) is 0 Å². The van der Waals surface area contributed by atoms with Crippen LogP contribution in [-0.2, 0) is 4.74 Å². The van der Waals surface area contributed by atoms with Gasteiger partial charge in [-0.2, -0.15) is 5.10 Å². The summed E-state index contributed by atoms with van der Waals surface area (Å²) in [4.78, 5) is 16.7. The Morgan fingerprint density at radius 3 is 2.63 bits per heavy atom. The molecule has 1 N–H and O–H groups in total. The molecule has 0 saturated carbocycles. The molecular formula is C19H26FN5O2. The van der Waals surface area contributed by atoms with E-state index in [-0.39, 0.29) is 17.9 Å². The van der Waals surface area contributed by atoms with E-state index in [9.17, 15) is 9.18 Å². The van der Waals surface area contributed by atoms with E-state index in [4.69, 9.17) is 4.74 Å². The number of rotatable bonds is 6. The van der Waals surface area contributed by atoms with Crippen molar-refractivity contribution >= 4 is 6.03 Å². The lowest BCUT2D eigenvalue weighted by molar-refractivity contribution is 0.105. The maximum Gasteiger partial charge on any atom is 0.317 e. The molecule has 1 saturated heterocycles. The first-order chi connectivity index (χ1) is 13.1. The van der Waals surface area contributed by atoms with Gasteiger partial charge in [-0.25, -0.2) is 13.9 Å². The molecule has 27 heavy (non-hydrogen) atoms. The molecule has 3 rings (SSSR count). The smallest absolute Gasteiger partial charge is 0.317 e. The lowest BCUT2D eigenvalue weighted by atomic mass is 10.2. The van der Waals surface area contributed by atoms with Gasteiger partial charge >= 0.3 is 6.03 Å². The van der Waals surface area contributed by atoms with Gasteiger partial charge in [0, 0.05) is 51.6 Å². The van der Waals surface area contributed by atoms with Gasteiger partial charge in [-0.15, -0.1) is 0 Å². The van der Waals surface area contributed by atoms with Crippen LogP contribution in [0, 0.1) is 5.82 Å². The van der Waals surface area contributed by atoms with Crippen LogP contribution in [0.15, 0.2) is 36.7 Å². The molecule has 7 nitrogen and oxygen atoms in total. The molecule has 0 bridgehead atoms. The van der Waals surface area contributed by atoms with E-state index in [2.05, 4.69) is 15.3 Å². The van der Waals surface area contributed by atoms with Crippen LogP contribution in [0.3, 0.4) is 0 Å². The van der Waals surface area contributed by atoms with Crippen LogP contribution in [0.4, 0.5) is 9.18 Å². The highest BCUT2D eigenvalue weighted by molar-refractivity contribution is 5.74. The zero-order valence-corrected chi connectivity index (χ0v) is 15.8. The number of urea groups is 1. The molecule has 2 aromatic rings. The first-order valence-corrected chi connectivity index (χ1v) is 9.14. The van der Waals surface area contributed by atoms with E-state index < -0.39 is 0 Å². The second-order valence-corrected chi connectivity index (χ2v) is 6.69. The third-order valence-electron chi connectivity index (χ3n) is 4.80. The summed E-state index contributed by atoms with van der Waals surface area (Å²) in [5, 5.41) is 7.33. The summed E-state index contributed by atoms with van der Waals surface area (Å²) in [6.07, 6.45) is 3.57. The van der Waals surface area contributed by atoms with Crippen LogP contribution in [0.25, 0.3) is 5.69 Å². The Morgan fingerprint density at radius 2 is 1.96 bits per heavy atom. The SMILES string of the molecule is COCCN1CCN(C(=O)NC(C)c2cnn(-c3ccc(F)cc3)c2)CC1. The molecule has 146 valence electrons. The van der Waals surface area contributed by atoms with Crippen molar-refractivity contribution in [3.63, 3.8) is 0 Å². The van der Waals surface area contributed by atoms with Gasteiger partial charge in [0.05, 0.1) is 24.5 Å². The molecule has 1 unspecified atom stereocenters. The minimum atomic E-state index is -0.283. The second kappa shape index (κ2) is 8.96. The van der Waals surface area contributed by atoms with Crippen molar-refractivity contribution < 1.29 is 13.9 Å². The number of carbonyl (C=O) groups is 1. The Balaban J connectivity index is 1.52. The Morgan fingerprint density at radius 1 is 1.26 bits per heavy atom. The van der Waals surface area contributed by atoms with E-state index in [1.165, 1.54) is 12.1 Å². The Bertz CT molecular complexity index is 741. The van der Waals surface area contributed by atoms with E-state index in [0.29, 0.717) is 19.7 Å².